The lowest BCUT2D eigenvalue weighted by atomic mass is 9.98. The number of carbonyl (C=O) groups excluding carboxylic acids is 2. The third-order valence-corrected chi connectivity index (χ3v) is 5.45. The third kappa shape index (κ3) is 3.31. The zero-order valence-electron chi connectivity index (χ0n) is 14.8. The molecule has 3 unspecified atom stereocenters. The number of amides is 2. The smallest absolute Gasteiger partial charge is 0.227 e. The van der Waals surface area contributed by atoms with E-state index in [2.05, 4.69) is 17.6 Å². The van der Waals surface area contributed by atoms with Crippen LogP contribution in [0.4, 0.5) is 5.69 Å². The van der Waals surface area contributed by atoms with Crippen molar-refractivity contribution in [2.45, 2.75) is 52.1 Å². The Morgan fingerprint density at radius 2 is 2.12 bits per heavy atom. The lowest BCUT2D eigenvalue weighted by molar-refractivity contribution is -0.127. The van der Waals surface area contributed by atoms with Gasteiger partial charge < -0.3 is 15.5 Å². The van der Waals surface area contributed by atoms with Crippen LogP contribution in [-0.2, 0) is 9.59 Å². The number of nitrogens with one attached hydrogen (secondary N) is 2. The second-order valence-corrected chi connectivity index (χ2v) is 7.12. The lowest BCUT2D eigenvalue weighted by Crippen LogP contribution is -2.53. The van der Waals surface area contributed by atoms with Crippen molar-refractivity contribution >= 4 is 17.5 Å². The summed E-state index contributed by atoms with van der Waals surface area (Å²) in [4.78, 5) is 26.8. The van der Waals surface area contributed by atoms with Gasteiger partial charge in [-0.05, 0) is 57.4 Å². The van der Waals surface area contributed by atoms with Gasteiger partial charge in [0.05, 0.1) is 5.92 Å². The van der Waals surface area contributed by atoms with Gasteiger partial charge in [-0.25, -0.2) is 0 Å². The third-order valence-electron chi connectivity index (χ3n) is 5.45. The molecule has 1 aromatic carbocycles. The summed E-state index contributed by atoms with van der Waals surface area (Å²) in [7, 11) is 0. The summed E-state index contributed by atoms with van der Waals surface area (Å²) in [6.45, 7) is 7.66. The van der Waals surface area contributed by atoms with Crippen molar-refractivity contribution < 1.29 is 9.59 Å². The molecule has 0 aromatic heterocycles. The SMILES string of the molecule is Cc1cccc(N2CC(C(=O)NC3CCCNC3C)CC2=O)c1C. The van der Waals surface area contributed by atoms with Crippen molar-refractivity contribution in [1.82, 2.24) is 10.6 Å². The number of anilines is 1. The molecule has 130 valence electrons. The molecule has 1 aromatic rings. The van der Waals surface area contributed by atoms with E-state index in [1.54, 1.807) is 4.90 Å². The molecule has 2 heterocycles. The fourth-order valence-electron chi connectivity index (χ4n) is 3.69. The van der Waals surface area contributed by atoms with Gasteiger partial charge in [-0.2, -0.15) is 0 Å². The average Bonchev–Trinajstić information content (AvgIpc) is 2.94. The zero-order chi connectivity index (χ0) is 17.3. The summed E-state index contributed by atoms with van der Waals surface area (Å²) >= 11 is 0. The van der Waals surface area contributed by atoms with Gasteiger partial charge in [-0.3, -0.25) is 9.59 Å². The molecule has 2 N–H and O–H groups in total. The Hall–Kier alpha value is -1.88. The number of aryl methyl sites for hydroxylation is 1. The quantitative estimate of drug-likeness (QED) is 0.890. The van der Waals surface area contributed by atoms with Crippen LogP contribution in [-0.4, -0.2) is 37.0 Å². The molecular weight excluding hydrogens is 302 g/mol. The van der Waals surface area contributed by atoms with Crippen molar-refractivity contribution in [2.75, 3.05) is 18.0 Å². The second-order valence-electron chi connectivity index (χ2n) is 7.12. The van der Waals surface area contributed by atoms with Crippen LogP contribution in [0.2, 0.25) is 0 Å². The molecular formula is C19H27N3O2. The summed E-state index contributed by atoms with van der Waals surface area (Å²) in [6, 6.07) is 6.42. The molecule has 5 heteroatoms. The summed E-state index contributed by atoms with van der Waals surface area (Å²) in [6.07, 6.45) is 2.38. The van der Waals surface area contributed by atoms with Crippen molar-refractivity contribution in [3.8, 4) is 0 Å². The molecule has 3 atom stereocenters. The molecule has 0 radical (unpaired) electrons. The van der Waals surface area contributed by atoms with Gasteiger partial charge >= 0.3 is 0 Å². The molecule has 0 saturated carbocycles. The van der Waals surface area contributed by atoms with E-state index in [-0.39, 0.29) is 29.8 Å². The monoisotopic (exact) mass is 329 g/mol. The van der Waals surface area contributed by atoms with Crippen LogP contribution < -0.4 is 15.5 Å². The molecule has 2 amide bonds. The second kappa shape index (κ2) is 6.93. The Balaban J connectivity index is 1.68. The molecule has 2 fully saturated rings. The van der Waals surface area contributed by atoms with Crippen molar-refractivity contribution in [1.29, 1.82) is 0 Å². The zero-order valence-corrected chi connectivity index (χ0v) is 14.8. The molecule has 2 saturated heterocycles. The highest BCUT2D eigenvalue weighted by atomic mass is 16.2. The molecule has 0 bridgehead atoms. The maximum absolute atomic E-state index is 12.6. The Morgan fingerprint density at radius 1 is 1.33 bits per heavy atom. The van der Waals surface area contributed by atoms with Crippen molar-refractivity contribution in [3.05, 3.63) is 29.3 Å². The molecule has 3 rings (SSSR count). The van der Waals surface area contributed by atoms with Crippen LogP contribution in [0.1, 0.15) is 37.3 Å². The number of hydrogen-bond acceptors (Lipinski definition) is 3. The van der Waals surface area contributed by atoms with Gasteiger partial charge in [0.25, 0.3) is 0 Å². The lowest BCUT2D eigenvalue weighted by Gasteiger charge is -2.31. The number of carbonyl (C=O) groups is 2. The molecule has 2 aliphatic rings. The van der Waals surface area contributed by atoms with Crippen LogP contribution >= 0.6 is 0 Å². The highest BCUT2D eigenvalue weighted by molar-refractivity contribution is 6.01. The molecule has 24 heavy (non-hydrogen) atoms. The van der Waals surface area contributed by atoms with E-state index in [1.165, 1.54) is 0 Å². The first-order valence-corrected chi connectivity index (χ1v) is 8.87. The standard InChI is InChI=1S/C19H27N3O2/c1-12-6-4-8-17(13(12)2)22-11-15(10-18(22)23)19(24)21-16-7-5-9-20-14(16)3/h4,6,8,14-16,20H,5,7,9-11H2,1-3H3,(H,21,24). The fraction of sp³-hybridized carbons (Fsp3) is 0.579. The van der Waals surface area contributed by atoms with E-state index in [0.717, 1.165) is 36.2 Å². The fourth-order valence-corrected chi connectivity index (χ4v) is 3.69. The normalized spacial score (nSPS) is 27.4. The number of rotatable bonds is 3. The first-order chi connectivity index (χ1) is 11.5. The summed E-state index contributed by atoms with van der Waals surface area (Å²) in [5.41, 5.74) is 3.20. The summed E-state index contributed by atoms with van der Waals surface area (Å²) in [5, 5.41) is 6.54. The Morgan fingerprint density at radius 3 is 2.88 bits per heavy atom. The van der Waals surface area contributed by atoms with Crippen molar-refractivity contribution in [3.63, 3.8) is 0 Å². The van der Waals surface area contributed by atoms with E-state index >= 15 is 0 Å². The minimum absolute atomic E-state index is 0.0108. The van der Waals surface area contributed by atoms with E-state index in [1.807, 2.05) is 32.0 Å². The van der Waals surface area contributed by atoms with Crippen LogP contribution in [0.25, 0.3) is 0 Å². The Bertz CT molecular complexity index is 643. The van der Waals surface area contributed by atoms with Gasteiger partial charge in [0.15, 0.2) is 0 Å². The van der Waals surface area contributed by atoms with Crippen molar-refractivity contribution in [2.24, 2.45) is 5.92 Å². The summed E-state index contributed by atoms with van der Waals surface area (Å²) in [5.74, 6) is -0.207. The minimum Gasteiger partial charge on any atom is -0.352 e. The number of piperidine rings is 1. The van der Waals surface area contributed by atoms with Crippen LogP contribution in [0.3, 0.4) is 0 Å². The number of nitrogens with zero attached hydrogens (tertiary/aromatic N) is 1. The van der Waals surface area contributed by atoms with Gasteiger partial charge in [0, 0.05) is 30.7 Å². The van der Waals surface area contributed by atoms with Gasteiger partial charge in [0.2, 0.25) is 11.8 Å². The molecule has 2 aliphatic heterocycles. The highest BCUT2D eigenvalue weighted by Crippen LogP contribution is 2.29. The van der Waals surface area contributed by atoms with Gasteiger partial charge in [-0.1, -0.05) is 12.1 Å². The van der Waals surface area contributed by atoms with Gasteiger partial charge in [0.1, 0.15) is 0 Å². The topological polar surface area (TPSA) is 61.4 Å². The van der Waals surface area contributed by atoms with E-state index in [9.17, 15) is 9.59 Å². The van der Waals surface area contributed by atoms with E-state index in [0.29, 0.717) is 13.0 Å². The van der Waals surface area contributed by atoms with Crippen LogP contribution in [0.15, 0.2) is 18.2 Å². The number of benzene rings is 1. The van der Waals surface area contributed by atoms with Crippen LogP contribution in [0, 0.1) is 19.8 Å². The average molecular weight is 329 g/mol. The predicted octanol–water partition coefficient (Wildman–Crippen LogP) is 1.91. The maximum Gasteiger partial charge on any atom is 0.227 e. The van der Waals surface area contributed by atoms with Gasteiger partial charge in [-0.15, -0.1) is 0 Å². The van der Waals surface area contributed by atoms with E-state index < -0.39 is 0 Å². The minimum atomic E-state index is -0.258. The molecule has 5 nitrogen and oxygen atoms in total. The Kier molecular flexibility index (Phi) is 4.90. The van der Waals surface area contributed by atoms with Crippen LogP contribution in [0.5, 0.6) is 0 Å². The maximum atomic E-state index is 12.6. The van der Waals surface area contributed by atoms with E-state index in [4.69, 9.17) is 0 Å². The largest absolute Gasteiger partial charge is 0.352 e. The number of hydrogen-bond donors (Lipinski definition) is 2. The molecule has 0 spiro atoms. The Labute approximate surface area is 143 Å². The molecule has 0 aliphatic carbocycles. The summed E-state index contributed by atoms with van der Waals surface area (Å²) < 4.78 is 0. The first-order valence-electron chi connectivity index (χ1n) is 8.87. The highest BCUT2D eigenvalue weighted by Gasteiger charge is 2.37. The predicted molar refractivity (Wildman–Crippen MR) is 95.0 cm³/mol. The first kappa shape index (κ1) is 17.0.